The van der Waals surface area contributed by atoms with Crippen LogP contribution in [0.3, 0.4) is 0 Å². The minimum Gasteiger partial charge on any atom is -0.508 e. The van der Waals surface area contributed by atoms with Crippen molar-refractivity contribution in [1.29, 1.82) is 0 Å². The number of aromatic hydroxyl groups is 2. The largest absolute Gasteiger partial charge is 0.508 e. The van der Waals surface area contributed by atoms with Crippen LogP contribution < -0.4 is 4.90 Å². The summed E-state index contributed by atoms with van der Waals surface area (Å²) in [4.78, 5) is 38.6. The fourth-order valence-electron chi connectivity index (χ4n) is 3.25. The molecule has 146 valence electrons. The van der Waals surface area contributed by atoms with E-state index >= 15 is 0 Å². The number of hydrogen-bond donors (Lipinski definition) is 3. The molecule has 0 aromatic heterocycles. The third-order valence-electron chi connectivity index (χ3n) is 4.53. The predicted octanol–water partition coefficient (Wildman–Crippen LogP) is 1.47. The summed E-state index contributed by atoms with van der Waals surface area (Å²) in [7, 11) is 0. The molecule has 1 aliphatic heterocycles. The van der Waals surface area contributed by atoms with Crippen molar-refractivity contribution in [2.45, 2.75) is 18.9 Å². The van der Waals surface area contributed by atoms with Crippen molar-refractivity contribution in [2.24, 2.45) is 0 Å². The minimum absolute atomic E-state index is 0.141. The number of aliphatic hydroxyl groups is 1. The molecule has 1 atom stereocenters. The van der Waals surface area contributed by atoms with E-state index in [9.17, 15) is 29.7 Å². The van der Waals surface area contributed by atoms with Gasteiger partial charge in [0.05, 0.1) is 24.3 Å². The molecule has 1 amide bonds. The van der Waals surface area contributed by atoms with Crippen LogP contribution in [0, 0.1) is 0 Å². The van der Waals surface area contributed by atoms with Crippen LogP contribution in [-0.2, 0) is 19.9 Å². The second-order valence-corrected chi connectivity index (χ2v) is 6.38. The standard InChI is InChI=1S/C20H19NO7/c1-2-28-18(25)11-21-15-6-4-3-5-14(15)20(27,19(21)26)10-17(24)13-9-12(22)7-8-16(13)23/h3-9,22-23,27H,2,10-11H2,1H3. The van der Waals surface area contributed by atoms with E-state index in [2.05, 4.69) is 0 Å². The van der Waals surface area contributed by atoms with Crippen LogP contribution in [0.25, 0.3) is 0 Å². The number of fused-ring (bicyclic) bond motifs is 1. The molecule has 0 aliphatic carbocycles. The predicted molar refractivity (Wildman–Crippen MR) is 98.0 cm³/mol. The number of ether oxygens (including phenoxy) is 1. The van der Waals surface area contributed by atoms with Gasteiger partial charge in [-0.05, 0) is 31.2 Å². The van der Waals surface area contributed by atoms with E-state index in [4.69, 9.17) is 4.74 Å². The Morgan fingerprint density at radius 3 is 2.57 bits per heavy atom. The van der Waals surface area contributed by atoms with Crippen molar-refractivity contribution in [3.63, 3.8) is 0 Å². The summed E-state index contributed by atoms with van der Waals surface area (Å²) in [5.74, 6) is -2.85. The number of carbonyl (C=O) groups excluding carboxylic acids is 3. The van der Waals surface area contributed by atoms with Crippen LogP contribution in [0.1, 0.15) is 29.3 Å². The van der Waals surface area contributed by atoms with Crippen LogP contribution in [0.15, 0.2) is 42.5 Å². The Hall–Kier alpha value is -3.39. The number of Topliss-reactive ketones (excluding diaryl/α,β-unsaturated/α-hetero) is 1. The maximum absolute atomic E-state index is 12.9. The van der Waals surface area contributed by atoms with Crippen molar-refractivity contribution >= 4 is 23.3 Å². The number of benzene rings is 2. The number of carbonyl (C=O) groups is 3. The van der Waals surface area contributed by atoms with E-state index in [-0.39, 0.29) is 29.2 Å². The molecule has 2 aromatic carbocycles. The molecule has 0 fully saturated rings. The van der Waals surface area contributed by atoms with Gasteiger partial charge in [0.2, 0.25) is 0 Å². The molecule has 1 unspecified atom stereocenters. The van der Waals surface area contributed by atoms with E-state index in [0.717, 1.165) is 17.0 Å². The molecule has 8 heteroatoms. The fraction of sp³-hybridized carbons (Fsp3) is 0.250. The van der Waals surface area contributed by atoms with Gasteiger partial charge in [-0.25, -0.2) is 0 Å². The molecule has 1 heterocycles. The normalized spacial score (nSPS) is 18.1. The lowest BCUT2D eigenvalue weighted by Crippen LogP contribution is -2.44. The number of phenolic OH excluding ortho intramolecular Hbond substituents is 2. The Morgan fingerprint density at radius 1 is 1.14 bits per heavy atom. The number of para-hydroxylation sites is 1. The summed E-state index contributed by atoms with van der Waals surface area (Å²) in [5.41, 5.74) is -1.95. The zero-order chi connectivity index (χ0) is 20.5. The van der Waals surface area contributed by atoms with Gasteiger partial charge in [0.25, 0.3) is 5.91 Å². The molecule has 3 N–H and O–H groups in total. The number of nitrogens with zero attached hydrogens (tertiary/aromatic N) is 1. The number of esters is 1. The molecule has 3 rings (SSSR count). The van der Waals surface area contributed by atoms with Crippen LogP contribution in [-0.4, -0.2) is 46.1 Å². The first kappa shape index (κ1) is 19.4. The Bertz CT molecular complexity index is 955. The summed E-state index contributed by atoms with van der Waals surface area (Å²) in [5, 5.41) is 30.6. The van der Waals surface area contributed by atoms with Gasteiger partial charge in [-0.1, -0.05) is 18.2 Å². The Labute approximate surface area is 160 Å². The number of ketones is 1. The highest BCUT2D eigenvalue weighted by molar-refractivity contribution is 6.12. The maximum Gasteiger partial charge on any atom is 0.326 e. The summed E-state index contributed by atoms with van der Waals surface area (Å²) >= 11 is 0. The monoisotopic (exact) mass is 385 g/mol. The Kier molecular flexibility index (Phi) is 5.06. The van der Waals surface area contributed by atoms with Gasteiger partial charge >= 0.3 is 5.97 Å². The lowest BCUT2D eigenvalue weighted by atomic mass is 9.88. The molecule has 8 nitrogen and oxygen atoms in total. The van der Waals surface area contributed by atoms with Crippen molar-refractivity contribution < 1.29 is 34.4 Å². The first-order chi connectivity index (χ1) is 13.3. The molecule has 0 bridgehead atoms. The zero-order valence-electron chi connectivity index (χ0n) is 15.1. The van der Waals surface area contributed by atoms with E-state index in [0.29, 0.717) is 5.69 Å². The molecule has 0 saturated carbocycles. The third-order valence-corrected chi connectivity index (χ3v) is 4.53. The summed E-state index contributed by atoms with van der Waals surface area (Å²) in [6, 6.07) is 9.69. The van der Waals surface area contributed by atoms with Gasteiger partial charge in [-0.15, -0.1) is 0 Å². The van der Waals surface area contributed by atoms with E-state index in [1.54, 1.807) is 25.1 Å². The average molecular weight is 385 g/mol. The Balaban J connectivity index is 1.96. The van der Waals surface area contributed by atoms with Gasteiger partial charge in [-0.2, -0.15) is 0 Å². The van der Waals surface area contributed by atoms with Crippen molar-refractivity contribution in [3.8, 4) is 11.5 Å². The van der Waals surface area contributed by atoms with Crippen molar-refractivity contribution in [3.05, 3.63) is 53.6 Å². The van der Waals surface area contributed by atoms with E-state index in [1.165, 1.54) is 12.1 Å². The number of anilines is 1. The number of hydrogen-bond acceptors (Lipinski definition) is 7. The summed E-state index contributed by atoms with van der Waals surface area (Å²) in [6.45, 7) is 1.37. The van der Waals surface area contributed by atoms with Gasteiger partial charge in [0.15, 0.2) is 11.4 Å². The van der Waals surface area contributed by atoms with Crippen molar-refractivity contribution in [1.82, 2.24) is 0 Å². The topological polar surface area (TPSA) is 124 Å². The van der Waals surface area contributed by atoms with Crippen LogP contribution in [0.5, 0.6) is 11.5 Å². The molecule has 2 aromatic rings. The van der Waals surface area contributed by atoms with Gasteiger partial charge < -0.3 is 20.1 Å². The van der Waals surface area contributed by atoms with Crippen LogP contribution in [0.2, 0.25) is 0 Å². The number of phenols is 2. The quantitative estimate of drug-likeness (QED) is 0.391. The third kappa shape index (κ3) is 3.29. The van der Waals surface area contributed by atoms with Crippen LogP contribution >= 0.6 is 0 Å². The van der Waals surface area contributed by atoms with Gasteiger partial charge in [0, 0.05) is 5.56 Å². The molecule has 0 saturated heterocycles. The first-order valence-electron chi connectivity index (χ1n) is 8.62. The maximum atomic E-state index is 12.9. The zero-order valence-corrected chi connectivity index (χ0v) is 15.1. The highest BCUT2D eigenvalue weighted by atomic mass is 16.5. The molecular weight excluding hydrogens is 366 g/mol. The number of amides is 1. The van der Waals surface area contributed by atoms with Gasteiger partial charge in [0.1, 0.15) is 18.0 Å². The molecule has 28 heavy (non-hydrogen) atoms. The van der Waals surface area contributed by atoms with Gasteiger partial charge in [-0.3, -0.25) is 19.3 Å². The lowest BCUT2D eigenvalue weighted by molar-refractivity contribution is -0.144. The second-order valence-electron chi connectivity index (χ2n) is 6.38. The lowest BCUT2D eigenvalue weighted by Gasteiger charge is -2.22. The highest BCUT2D eigenvalue weighted by Crippen LogP contribution is 2.43. The highest BCUT2D eigenvalue weighted by Gasteiger charge is 2.51. The molecular formula is C20H19NO7. The Morgan fingerprint density at radius 2 is 1.86 bits per heavy atom. The summed E-state index contributed by atoms with van der Waals surface area (Å²) in [6.07, 6.45) is -0.667. The first-order valence-corrected chi connectivity index (χ1v) is 8.62. The second kappa shape index (κ2) is 7.32. The van der Waals surface area contributed by atoms with Crippen LogP contribution in [0.4, 0.5) is 5.69 Å². The van der Waals surface area contributed by atoms with E-state index in [1.807, 2.05) is 0 Å². The SMILES string of the molecule is CCOC(=O)CN1C(=O)C(O)(CC(=O)c2cc(O)ccc2O)c2ccccc21. The minimum atomic E-state index is -2.21. The van der Waals surface area contributed by atoms with Crippen molar-refractivity contribution in [2.75, 3.05) is 18.1 Å². The molecule has 0 spiro atoms. The molecule has 0 radical (unpaired) electrons. The average Bonchev–Trinajstić information content (AvgIpc) is 2.86. The number of rotatable bonds is 6. The summed E-state index contributed by atoms with van der Waals surface area (Å²) < 4.78 is 4.87. The molecule has 1 aliphatic rings. The smallest absolute Gasteiger partial charge is 0.326 e. The fourth-order valence-corrected chi connectivity index (χ4v) is 3.25. The van der Waals surface area contributed by atoms with E-state index < -0.39 is 36.2 Å².